The van der Waals surface area contributed by atoms with Gasteiger partial charge in [0.2, 0.25) is 0 Å². The number of carbonyl (C=O) groups excluding carboxylic acids is 2. The van der Waals surface area contributed by atoms with Gasteiger partial charge in [-0.2, -0.15) is 0 Å². The molecule has 1 heterocycles. The number of rotatable bonds is 4. The normalized spacial score (nSPS) is 15.8. The Morgan fingerprint density at radius 2 is 1.88 bits per heavy atom. The van der Waals surface area contributed by atoms with Crippen molar-refractivity contribution in [3.05, 3.63) is 57.4 Å². The summed E-state index contributed by atoms with van der Waals surface area (Å²) in [5, 5.41) is -0.366. The fourth-order valence-electron chi connectivity index (χ4n) is 2.39. The topological polar surface area (TPSA) is 55.8 Å². The summed E-state index contributed by atoms with van der Waals surface area (Å²) >= 11 is 4.30. The Hall–Kier alpha value is -2.25. The molecule has 7 heteroatoms. The van der Waals surface area contributed by atoms with Gasteiger partial charge in [0.15, 0.2) is 0 Å². The van der Waals surface area contributed by atoms with Crippen molar-refractivity contribution in [1.29, 1.82) is 0 Å². The van der Waals surface area contributed by atoms with Crippen molar-refractivity contribution in [2.45, 2.75) is 0 Å². The third-order valence-corrected chi connectivity index (χ3v) is 4.93. The second-order valence-electron chi connectivity index (χ2n) is 5.11. The monoisotopic (exact) mass is 419 g/mol. The number of anilines is 1. The maximum absolute atomic E-state index is 12.7. The number of ether oxygens (including phenoxy) is 2. The second kappa shape index (κ2) is 7.33. The molecule has 25 heavy (non-hydrogen) atoms. The van der Waals surface area contributed by atoms with Crippen LogP contribution in [0.2, 0.25) is 0 Å². The van der Waals surface area contributed by atoms with Crippen molar-refractivity contribution < 1.29 is 19.1 Å². The molecule has 0 spiro atoms. The molecule has 1 saturated heterocycles. The summed E-state index contributed by atoms with van der Waals surface area (Å²) in [7, 11) is 3.02. The van der Waals surface area contributed by atoms with E-state index >= 15 is 0 Å². The fraction of sp³-hybridized carbons (Fsp3) is 0.111. The van der Waals surface area contributed by atoms with Gasteiger partial charge in [-0.25, -0.2) is 4.90 Å². The summed E-state index contributed by atoms with van der Waals surface area (Å²) in [6.07, 6.45) is 1.70. The van der Waals surface area contributed by atoms with Crippen LogP contribution in [-0.2, 0) is 4.79 Å². The Labute approximate surface area is 157 Å². The first kappa shape index (κ1) is 17.6. The molecule has 0 unspecified atom stereocenters. The van der Waals surface area contributed by atoms with Gasteiger partial charge in [0.25, 0.3) is 11.1 Å². The Morgan fingerprint density at radius 1 is 1.08 bits per heavy atom. The molecule has 2 amide bonds. The molecule has 2 aromatic rings. The molecule has 5 nitrogen and oxygen atoms in total. The minimum absolute atomic E-state index is 0.362. The van der Waals surface area contributed by atoms with E-state index in [9.17, 15) is 9.59 Å². The average Bonchev–Trinajstić information content (AvgIpc) is 2.88. The van der Waals surface area contributed by atoms with Crippen LogP contribution in [0.15, 0.2) is 51.8 Å². The molecule has 3 rings (SSSR count). The number of halogens is 1. The van der Waals surface area contributed by atoms with E-state index in [4.69, 9.17) is 9.47 Å². The first-order valence-corrected chi connectivity index (χ1v) is 8.90. The van der Waals surface area contributed by atoms with Crippen LogP contribution in [0, 0.1) is 0 Å². The van der Waals surface area contributed by atoms with E-state index in [-0.39, 0.29) is 11.1 Å². The van der Waals surface area contributed by atoms with Gasteiger partial charge in [-0.1, -0.05) is 28.1 Å². The zero-order valence-corrected chi connectivity index (χ0v) is 15.9. The quantitative estimate of drug-likeness (QED) is 0.671. The van der Waals surface area contributed by atoms with Gasteiger partial charge < -0.3 is 9.47 Å². The predicted octanol–water partition coefficient (Wildman–Crippen LogP) is 4.71. The van der Waals surface area contributed by atoms with E-state index in [0.29, 0.717) is 22.1 Å². The number of thioether (sulfide) groups is 1. The molecule has 1 aliphatic heterocycles. The summed E-state index contributed by atoms with van der Waals surface area (Å²) in [5.74, 6) is 0.598. The molecular weight excluding hydrogens is 406 g/mol. The molecule has 0 N–H and O–H groups in total. The number of nitrogens with zero attached hydrogens (tertiary/aromatic N) is 1. The lowest BCUT2D eigenvalue weighted by Crippen LogP contribution is -2.28. The highest BCUT2D eigenvalue weighted by Gasteiger charge is 2.37. The lowest BCUT2D eigenvalue weighted by Gasteiger charge is -2.16. The van der Waals surface area contributed by atoms with Crippen molar-refractivity contribution in [1.82, 2.24) is 0 Å². The first-order chi connectivity index (χ1) is 12.0. The molecule has 0 saturated carbocycles. The van der Waals surface area contributed by atoms with Crippen LogP contribution in [0.25, 0.3) is 6.08 Å². The van der Waals surface area contributed by atoms with Crippen LogP contribution in [0.1, 0.15) is 5.56 Å². The van der Waals surface area contributed by atoms with Crippen LogP contribution in [0.3, 0.4) is 0 Å². The van der Waals surface area contributed by atoms with E-state index in [1.165, 1.54) is 14.2 Å². The smallest absolute Gasteiger partial charge is 0.298 e. The van der Waals surface area contributed by atoms with Crippen molar-refractivity contribution >= 4 is 50.6 Å². The Morgan fingerprint density at radius 3 is 2.56 bits per heavy atom. The highest BCUT2D eigenvalue weighted by molar-refractivity contribution is 9.10. The molecule has 0 aliphatic carbocycles. The highest BCUT2D eigenvalue weighted by Crippen LogP contribution is 2.41. The highest BCUT2D eigenvalue weighted by atomic mass is 79.9. The number of imide groups is 1. The Balaban J connectivity index is 1.97. The van der Waals surface area contributed by atoms with Crippen LogP contribution in [0.5, 0.6) is 11.5 Å². The predicted molar refractivity (Wildman–Crippen MR) is 102 cm³/mol. The standard InChI is InChI=1S/C18H14BrNO4S/c1-23-13-6-7-14(15(10-13)24-2)20-17(21)16(25-18(20)22)9-11-4-3-5-12(19)8-11/h3-10H,1-2H3/b16-9-. The van der Waals surface area contributed by atoms with Crippen LogP contribution in [0.4, 0.5) is 10.5 Å². The fourth-order valence-corrected chi connectivity index (χ4v) is 3.64. The average molecular weight is 420 g/mol. The number of hydrogen-bond acceptors (Lipinski definition) is 5. The Bertz CT molecular complexity index is 881. The first-order valence-electron chi connectivity index (χ1n) is 7.29. The third-order valence-electron chi connectivity index (χ3n) is 3.57. The third kappa shape index (κ3) is 3.57. The lowest BCUT2D eigenvalue weighted by atomic mass is 10.2. The van der Waals surface area contributed by atoms with Gasteiger partial charge >= 0.3 is 0 Å². The summed E-state index contributed by atoms with van der Waals surface area (Å²) in [4.78, 5) is 26.6. The van der Waals surface area contributed by atoms with E-state index in [1.54, 1.807) is 24.3 Å². The minimum atomic E-state index is -0.376. The van der Waals surface area contributed by atoms with Gasteiger partial charge in [0, 0.05) is 10.5 Å². The van der Waals surface area contributed by atoms with Gasteiger partial charge in [0.1, 0.15) is 11.5 Å². The molecule has 128 valence electrons. The van der Waals surface area contributed by atoms with Gasteiger partial charge in [0.05, 0.1) is 24.8 Å². The summed E-state index contributed by atoms with van der Waals surface area (Å²) in [5.41, 5.74) is 1.23. The number of methoxy groups -OCH3 is 2. The molecule has 1 aliphatic rings. The van der Waals surface area contributed by atoms with Gasteiger partial charge in [-0.15, -0.1) is 0 Å². The van der Waals surface area contributed by atoms with Crippen molar-refractivity contribution in [3.8, 4) is 11.5 Å². The number of carbonyl (C=O) groups is 2. The maximum Gasteiger partial charge on any atom is 0.298 e. The van der Waals surface area contributed by atoms with Crippen LogP contribution in [-0.4, -0.2) is 25.4 Å². The molecule has 0 atom stereocenters. The van der Waals surface area contributed by atoms with Gasteiger partial charge in [-0.3, -0.25) is 9.59 Å². The van der Waals surface area contributed by atoms with Crippen LogP contribution < -0.4 is 14.4 Å². The SMILES string of the molecule is COc1ccc(N2C(=O)S/C(=C\c3cccc(Br)c3)C2=O)c(OC)c1. The Kier molecular flexibility index (Phi) is 5.15. The summed E-state index contributed by atoms with van der Waals surface area (Å²) in [6, 6.07) is 12.5. The van der Waals surface area contributed by atoms with Crippen molar-refractivity contribution in [3.63, 3.8) is 0 Å². The van der Waals surface area contributed by atoms with Crippen molar-refractivity contribution in [2.75, 3.05) is 19.1 Å². The molecule has 1 fully saturated rings. The van der Waals surface area contributed by atoms with E-state index in [1.807, 2.05) is 24.3 Å². The molecule has 0 radical (unpaired) electrons. The van der Waals surface area contributed by atoms with Gasteiger partial charge in [-0.05, 0) is 47.7 Å². The van der Waals surface area contributed by atoms with E-state index in [2.05, 4.69) is 15.9 Å². The zero-order valence-electron chi connectivity index (χ0n) is 13.5. The number of amides is 2. The molecule has 0 bridgehead atoms. The lowest BCUT2D eigenvalue weighted by molar-refractivity contribution is -0.113. The van der Waals surface area contributed by atoms with Crippen molar-refractivity contribution in [2.24, 2.45) is 0 Å². The van der Waals surface area contributed by atoms with E-state index < -0.39 is 0 Å². The number of hydrogen-bond donors (Lipinski definition) is 0. The van der Waals surface area contributed by atoms with E-state index in [0.717, 1.165) is 26.7 Å². The number of benzene rings is 2. The summed E-state index contributed by atoms with van der Waals surface area (Å²) < 4.78 is 11.4. The zero-order chi connectivity index (χ0) is 18.0. The van der Waals surface area contributed by atoms with Crippen LogP contribution >= 0.6 is 27.7 Å². The maximum atomic E-state index is 12.7. The molecule has 0 aromatic heterocycles. The largest absolute Gasteiger partial charge is 0.497 e. The molecule has 2 aromatic carbocycles. The second-order valence-corrected chi connectivity index (χ2v) is 7.02. The molecular formula is C18H14BrNO4S. The summed E-state index contributed by atoms with van der Waals surface area (Å²) in [6.45, 7) is 0. The minimum Gasteiger partial charge on any atom is -0.497 e.